The summed E-state index contributed by atoms with van der Waals surface area (Å²) in [4.78, 5) is 0.0461. The van der Waals surface area contributed by atoms with Gasteiger partial charge in [-0.3, -0.25) is 0 Å². The summed E-state index contributed by atoms with van der Waals surface area (Å²) < 4.78 is 29.3. The quantitative estimate of drug-likeness (QED) is 0.793. The Hall–Kier alpha value is -2.13. The zero-order valence-electron chi connectivity index (χ0n) is 10.9. The lowest BCUT2D eigenvalue weighted by atomic mass is 10.3. The maximum atomic E-state index is 11.1. The number of rotatable bonds is 5. The van der Waals surface area contributed by atoms with E-state index in [0.717, 1.165) is 5.69 Å². The van der Waals surface area contributed by atoms with Crippen molar-refractivity contribution in [1.82, 2.24) is 15.0 Å². The van der Waals surface area contributed by atoms with Gasteiger partial charge in [-0.15, -0.1) is 5.10 Å². The van der Waals surface area contributed by atoms with E-state index in [9.17, 15) is 8.42 Å². The van der Waals surface area contributed by atoms with Crippen molar-refractivity contribution in [1.29, 1.82) is 0 Å². The molecule has 2 rings (SSSR count). The predicted octanol–water partition coefficient (Wildman–Crippen LogP) is -0.105. The highest BCUT2D eigenvalue weighted by atomic mass is 32.2. The predicted molar refractivity (Wildman–Crippen MR) is 72.5 cm³/mol. The molecular formula is C11H15N5O3S. The Kier molecular flexibility index (Phi) is 3.91. The molecule has 0 bridgehead atoms. The molecule has 0 aliphatic rings. The summed E-state index contributed by atoms with van der Waals surface area (Å²) in [6.45, 7) is 2.67. The Morgan fingerprint density at radius 3 is 2.45 bits per heavy atom. The van der Waals surface area contributed by atoms with Gasteiger partial charge in [-0.05, 0) is 31.2 Å². The molecule has 2 aromatic rings. The van der Waals surface area contributed by atoms with Crippen LogP contribution < -0.4 is 15.6 Å². The first kappa shape index (κ1) is 14.3. The number of hydrogen-bond donors (Lipinski definition) is 2. The molecule has 4 N–H and O–H groups in total. The zero-order valence-corrected chi connectivity index (χ0v) is 11.7. The van der Waals surface area contributed by atoms with Gasteiger partial charge in [-0.1, -0.05) is 5.21 Å². The number of primary sulfonamides is 1. The average molecular weight is 297 g/mol. The molecule has 1 heterocycles. The van der Waals surface area contributed by atoms with Crippen LogP contribution in [0, 0.1) is 6.92 Å². The van der Waals surface area contributed by atoms with E-state index < -0.39 is 10.0 Å². The molecule has 0 radical (unpaired) electrons. The molecule has 0 atom stereocenters. The molecule has 0 unspecified atom stereocenters. The maximum absolute atomic E-state index is 11.1. The second-order valence-electron chi connectivity index (χ2n) is 4.15. The van der Waals surface area contributed by atoms with Crippen molar-refractivity contribution in [2.75, 3.05) is 12.3 Å². The summed E-state index contributed by atoms with van der Waals surface area (Å²) >= 11 is 0. The summed E-state index contributed by atoms with van der Waals surface area (Å²) in [5, 5.41) is 12.6. The molecule has 0 spiro atoms. The minimum Gasteiger partial charge on any atom is -0.492 e. The Morgan fingerprint density at radius 2 is 1.95 bits per heavy atom. The van der Waals surface area contributed by atoms with Gasteiger partial charge in [0.05, 0.1) is 17.1 Å². The lowest BCUT2D eigenvalue weighted by Crippen LogP contribution is -2.12. The van der Waals surface area contributed by atoms with Crippen LogP contribution >= 0.6 is 0 Å². The van der Waals surface area contributed by atoms with E-state index in [0.29, 0.717) is 24.7 Å². The topological polar surface area (TPSA) is 126 Å². The van der Waals surface area contributed by atoms with Crippen LogP contribution in [0.25, 0.3) is 0 Å². The molecule has 8 nitrogen and oxygen atoms in total. The number of nitrogen functional groups attached to an aromatic ring is 1. The molecule has 20 heavy (non-hydrogen) atoms. The van der Waals surface area contributed by atoms with Gasteiger partial charge in [0.15, 0.2) is 5.82 Å². The highest BCUT2D eigenvalue weighted by Gasteiger charge is 2.07. The molecule has 0 fully saturated rings. The molecule has 1 aromatic carbocycles. The summed E-state index contributed by atoms with van der Waals surface area (Å²) in [6.07, 6.45) is 0. The number of nitrogens with zero attached hydrogens (tertiary/aromatic N) is 3. The van der Waals surface area contributed by atoms with Gasteiger partial charge in [0.2, 0.25) is 10.0 Å². The standard InChI is InChI=1S/C11H15N5O3S/c1-8-11(12)14-15-16(8)6-7-19-9-2-4-10(5-3-9)20(13,17)18/h2-5H,6-7,12H2,1H3,(H2,13,17,18). The number of anilines is 1. The third kappa shape index (κ3) is 3.25. The van der Waals surface area contributed by atoms with Gasteiger partial charge in [0.1, 0.15) is 12.4 Å². The van der Waals surface area contributed by atoms with Crippen molar-refractivity contribution in [3.8, 4) is 5.75 Å². The van der Waals surface area contributed by atoms with Crippen molar-refractivity contribution in [2.24, 2.45) is 5.14 Å². The molecule has 1 aromatic heterocycles. The van der Waals surface area contributed by atoms with E-state index in [1.165, 1.54) is 12.1 Å². The van der Waals surface area contributed by atoms with Gasteiger partial charge in [-0.25, -0.2) is 18.2 Å². The minimum atomic E-state index is -3.68. The smallest absolute Gasteiger partial charge is 0.238 e. The minimum absolute atomic E-state index is 0.0461. The Labute approximate surface area is 116 Å². The fourth-order valence-corrected chi connectivity index (χ4v) is 2.08. The van der Waals surface area contributed by atoms with Crippen LogP contribution in [0.4, 0.5) is 5.82 Å². The van der Waals surface area contributed by atoms with E-state index in [4.69, 9.17) is 15.6 Å². The van der Waals surface area contributed by atoms with E-state index in [-0.39, 0.29) is 4.90 Å². The highest BCUT2D eigenvalue weighted by Crippen LogP contribution is 2.15. The molecule has 108 valence electrons. The van der Waals surface area contributed by atoms with Gasteiger partial charge >= 0.3 is 0 Å². The fourth-order valence-electron chi connectivity index (χ4n) is 1.56. The molecular weight excluding hydrogens is 282 g/mol. The SMILES string of the molecule is Cc1c(N)nnn1CCOc1ccc(S(N)(=O)=O)cc1. The summed E-state index contributed by atoms with van der Waals surface area (Å²) in [6, 6.07) is 5.87. The first-order valence-electron chi connectivity index (χ1n) is 5.79. The average Bonchev–Trinajstić information content (AvgIpc) is 2.70. The van der Waals surface area contributed by atoms with E-state index in [1.807, 2.05) is 6.92 Å². The molecule has 0 amide bonds. The molecule has 0 saturated heterocycles. The zero-order chi connectivity index (χ0) is 14.8. The van der Waals surface area contributed by atoms with Crippen molar-refractivity contribution in [3.63, 3.8) is 0 Å². The molecule has 0 aliphatic heterocycles. The number of nitrogens with two attached hydrogens (primary N) is 2. The first-order chi connectivity index (χ1) is 9.38. The summed E-state index contributed by atoms with van der Waals surface area (Å²) in [5.74, 6) is 0.936. The first-order valence-corrected chi connectivity index (χ1v) is 7.34. The van der Waals surface area contributed by atoms with Crippen molar-refractivity contribution >= 4 is 15.8 Å². The number of hydrogen-bond acceptors (Lipinski definition) is 6. The molecule has 0 saturated carbocycles. The lowest BCUT2D eigenvalue weighted by molar-refractivity contribution is 0.288. The number of benzene rings is 1. The van der Waals surface area contributed by atoms with Gasteiger partial charge in [0.25, 0.3) is 0 Å². The van der Waals surface area contributed by atoms with E-state index in [2.05, 4.69) is 10.3 Å². The van der Waals surface area contributed by atoms with Crippen LogP contribution in [0.2, 0.25) is 0 Å². The maximum Gasteiger partial charge on any atom is 0.238 e. The number of ether oxygens (including phenoxy) is 1. The van der Waals surface area contributed by atoms with Crippen LogP contribution in [0.5, 0.6) is 5.75 Å². The van der Waals surface area contributed by atoms with Crippen LogP contribution in [0.3, 0.4) is 0 Å². The second-order valence-corrected chi connectivity index (χ2v) is 5.71. The summed E-state index contributed by atoms with van der Waals surface area (Å²) in [5.41, 5.74) is 6.35. The third-order valence-electron chi connectivity index (χ3n) is 2.74. The van der Waals surface area contributed by atoms with E-state index >= 15 is 0 Å². The van der Waals surface area contributed by atoms with Gasteiger partial charge in [-0.2, -0.15) is 0 Å². The molecule has 0 aliphatic carbocycles. The molecule has 9 heteroatoms. The number of aromatic nitrogens is 3. The van der Waals surface area contributed by atoms with Crippen LogP contribution in [-0.2, 0) is 16.6 Å². The van der Waals surface area contributed by atoms with Crippen molar-refractivity contribution in [3.05, 3.63) is 30.0 Å². The summed E-state index contributed by atoms with van der Waals surface area (Å²) in [7, 11) is -3.68. The Bertz CT molecular complexity index is 693. The fraction of sp³-hybridized carbons (Fsp3) is 0.273. The lowest BCUT2D eigenvalue weighted by Gasteiger charge is -2.07. The van der Waals surface area contributed by atoms with Crippen LogP contribution in [-0.4, -0.2) is 30.0 Å². The van der Waals surface area contributed by atoms with Crippen LogP contribution in [0.1, 0.15) is 5.69 Å². The van der Waals surface area contributed by atoms with E-state index in [1.54, 1.807) is 16.8 Å². The highest BCUT2D eigenvalue weighted by molar-refractivity contribution is 7.89. The number of sulfonamides is 1. The normalized spacial score (nSPS) is 11.5. The Morgan fingerprint density at radius 1 is 1.30 bits per heavy atom. The van der Waals surface area contributed by atoms with Gasteiger partial charge < -0.3 is 10.5 Å². The van der Waals surface area contributed by atoms with Gasteiger partial charge in [0, 0.05) is 0 Å². The second kappa shape index (κ2) is 5.47. The van der Waals surface area contributed by atoms with Crippen molar-refractivity contribution < 1.29 is 13.2 Å². The van der Waals surface area contributed by atoms with Crippen LogP contribution in [0.15, 0.2) is 29.2 Å². The third-order valence-corrected chi connectivity index (χ3v) is 3.67. The Balaban J connectivity index is 1.93. The monoisotopic (exact) mass is 297 g/mol. The largest absolute Gasteiger partial charge is 0.492 e. The van der Waals surface area contributed by atoms with Crippen molar-refractivity contribution in [2.45, 2.75) is 18.4 Å².